The number of carbonyl (C=O) groups excluding carboxylic acids is 1. The number of hydrogen-bond donors (Lipinski definition) is 0. The van der Waals surface area contributed by atoms with Crippen LogP contribution in [0.15, 0.2) is 59.6 Å². The second kappa shape index (κ2) is 6.35. The fourth-order valence-electron chi connectivity index (χ4n) is 3.55. The van der Waals surface area contributed by atoms with Crippen LogP contribution in [0.25, 0.3) is 10.9 Å². The van der Waals surface area contributed by atoms with E-state index in [0.717, 1.165) is 16.6 Å². The molecule has 2 heterocycles. The molecule has 0 bridgehead atoms. The summed E-state index contributed by atoms with van der Waals surface area (Å²) in [6.45, 7) is 3.45. The third-order valence-corrected chi connectivity index (χ3v) is 5.92. The predicted octanol–water partition coefficient (Wildman–Crippen LogP) is 3.30. The molecule has 0 fully saturated rings. The summed E-state index contributed by atoms with van der Waals surface area (Å²) in [5.41, 5.74) is 2.06. The lowest BCUT2D eigenvalue weighted by atomic mass is 10.1. The topological polar surface area (TPSA) is 76.6 Å². The van der Waals surface area contributed by atoms with Crippen molar-refractivity contribution in [2.75, 3.05) is 4.90 Å². The lowest BCUT2D eigenvalue weighted by Crippen LogP contribution is -2.33. The Morgan fingerprint density at radius 3 is 2.74 bits per heavy atom. The summed E-state index contributed by atoms with van der Waals surface area (Å²) < 4.78 is 31.0. The summed E-state index contributed by atoms with van der Waals surface area (Å²) in [5, 5.41) is 0.796. The fraction of sp³-hybridized carbons (Fsp3) is 0.200. The van der Waals surface area contributed by atoms with Crippen LogP contribution in [0.2, 0.25) is 0 Å². The van der Waals surface area contributed by atoms with Crippen LogP contribution in [0, 0.1) is 0 Å². The molecule has 6 nitrogen and oxygen atoms in total. The molecule has 1 amide bonds. The van der Waals surface area contributed by atoms with Gasteiger partial charge in [0.2, 0.25) is 5.91 Å². The zero-order chi connectivity index (χ0) is 19.2. The van der Waals surface area contributed by atoms with Crippen molar-refractivity contribution in [2.45, 2.75) is 31.2 Å². The van der Waals surface area contributed by atoms with E-state index in [4.69, 9.17) is 4.18 Å². The predicted molar refractivity (Wildman–Crippen MR) is 102 cm³/mol. The van der Waals surface area contributed by atoms with Crippen LogP contribution in [0.4, 0.5) is 5.69 Å². The maximum Gasteiger partial charge on any atom is 0.339 e. The van der Waals surface area contributed by atoms with Crippen molar-refractivity contribution in [3.05, 3.63) is 60.3 Å². The van der Waals surface area contributed by atoms with E-state index in [-0.39, 0.29) is 22.6 Å². The maximum atomic E-state index is 12.8. The molecular weight excluding hydrogens is 364 g/mol. The van der Waals surface area contributed by atoms with E-state index in [1.807, 2.05) is 19.1 Å². The lowest BCUT2D eigenvalue weighted by Gasteiger charge is -2.20. The zero-order valence-electron chi connectivity index (χ0n) is 14.9. The average molecular weight is 382 g/mol. The van der Waals surface area contributed by atoms with E-state index in [2.05, 4.69) is 4.98 Å². The summed E-state index contributed by atoms with van der Waals surface area (Å²) >= 11 is 0. The summed E-state index contributed by atoms with van der Waals surface area (Å²) in [6.07, 6.45) is 2.20. The SMILES string of the molecule is CC(=O)N1c2ccc(S(=O)(=O)Oc3cccc4cccnc34)cc2C[C@H]1C. The molecule has 138 valence electrons. The van der Waals surface area contributed by atoms with Gasteiger partial charge >= 0.3 is 10.1 Å². The quantitative estimate of drug-likeness (QED) is 0.650. The molecule has 3 aromatic rings. The van der Waals surface area contributed by atoms with E-state index < -0.39 is 10.1 Å². The van der Waals surface area contributed by atoms with Crippen molar-refractivity contribution >= 4 is 32.6 Å². The highest BCUT2D eigenvalue weighted by Crippen LogP contribution is 2.35. The van der Waals surface area contributed by atoms with Gasteiger partial charge in [0, 0.05) is 30.2 Å². The fourth-order valence-corrected chi connectivity index (χ4v) is 4.54. The first-order valence-corrected chi connectivity index (χ1v) is 9.98. The van der Waals surface area contributed by atoms with E-state index >= 15 is 0 Å². The van der Waals surface area contributed by atoms with Crippen molar-refractivity contribution in [2.24, 2.45) is 0 Å². The minimum Gasteiger partial charge on any atom is -0.377 e. The Balaban J connectivity index is 1.71. The third kappa shape index (κ3) is 3.04. The zero-order valence-corrected chi connectivity index (χ0v) is 15.7. The van der Waals surface area contributed by atoms with E-state index in [1.165, 1.54) is 13.0 Å². The highest BCUT2D eigenvalue weighted by atomic mass is 32.2. The number of para-hydroxylation sites is 1. The summed E-state index contributed by atoms with van der Waals surface area (Å²) in [5.74, 6) is 0.127. The second-order valence-electron chi connectivity index (χ2n) is 6.60. The van der Waals surface area contributed by atoms with E-state index in [9.17, 15) is 13.2 Å². The Kier molecular flexibility index (Phi) is 4.11. The van der Waals surface area contributed by atoms with Gasteiger partial charge in [-0.2, -0.15) is 8.42 Å². The Bertz CT molecular complexity index is 1150. The Labute approximate surface area is 157 Å². The normalized spacial score (nSPS) is 16.4. The first kappa shape index (κ1) is 17.5. The molecule has 0 spiro atoms. The maximum absolute atomic E-state index is 12.8. The van der Waals surface area contributed by atoms with Gasteiger partial charge in [0.1, 0.15) is 10.4 Å². The minimum absolute atomic E-state index is 0.00126. The summed E-state index contributed by atoms with van der Waals surface area (Å²) in [4.78, 5) is 17.8. The molecule has 0 radical (unpaired) electrons. The first-order chi connectivity index (χ1) is 12.9. The standard InChI is InChI=1S/C20H18N2O4S/c1-13-11-16-12-17(8-9-18(16)22(13)14(2)23)27(24,25)26-19-7-3-5-15-6-4-10-21-20(15)19/h3-10,12-13H,11H2,1-2H3/t13-/m1/s1. The number of rotatable bonds is 3. The van der Waals surface area contributed by atoms with Gasteiger partial charge < -0.3 is 9.08 Å². The molecule has 1 aliphatic heterocycles. The number of pyridine rings is 1. The van der Waals surface area contributed by atoms with Crippen LogP contribution in [0.1, 0.15) is 19.4 Å². The molecule has 0 N–H and O–H groups in total. The van der Waals surface area contributed by atoms with Crippen LogP contribution in [-0.2, 0) is 21.3 Å². The molecule has 1 aliphatic rings. The number of fused-ring (bicyclic) bond motifs is 2. The van der Waals surface area contributed by atoms with Gasteiger partial charge in [-0.1, -0.05) is 18.2 Å². The Morgan fingerprint density at radius 1 is 1.19 bits per heavy atom. The molecule has 0 aliphatic carbocycles. The van der Waals surface area contributed by atoms with Crippen molar-refractivity contribution in [3.8, 4) is 5.75 Å². The van der Waals surface area contributed by atoms with Crippen LogP contribution in [0.5, 0.6) is 5.75 Å². The summed E-state index contributed by atoms with van der Waals surface area (Å²) in [6, 6.07) is 13.5. The van der Waals surface area contributed by atoms with Crippen LogP contribution in [0.3, 0.4) is 0 Å². The van der Waals surface area contributed by atoms with Gasteiger partial charge in [-0.3, -0.25) is 9.78 Å². The van der Waals surface area contributed by atoms with Crippen molar-refractivity contribution in [1.82, 2.24) is 4.98 Å². The van der Waals surface area contributed by atoms with E-state index in [0.29, 0.717) is 11.9 Å². The molecular formula is C20H18N2O4S. The third-order valence-electron chi connectivity index (χ3n) is 4.69. The molecule has 1 aromatic heterocycles. The molecule has 4 rings (SSSR count). The molecule has 7 heteroatoms. The molecule has 1 atom stereocenters. The molecule has 2 aromatic carbocycles. The number of nitrogens with zero attached hydrogens (tertiary/aromatic N) is 2. The largest absolute Gasteiger partial charge is 0.377 e. The van der Waals surface area contributed by atoms with Crippen LogP contribution >= 0.6 is 0 Å². The van der Waals surface area contributed by atoms with Crippen molar-refractivity contribution in [1.29, 1.82) is 0 Å². The highest BCUT2D eigenvalue weighted by Gasteiger charge is 2.30. The number of anilines is 1. The van der Waals surface area contributed by atoms with Gasteiger partial charge in [0.05, 0.1) is 0 Å². The lowest BCUT2D eigenvalue weighted by molar-refractivity contribution is -0.116. The minimum atomic E-state index is -4.03. The number of benzene rings is 2. The molecule has 0 unspecified atom stereocenters. The number of carbonyl (C=O) groups is 1. The second-order valence-corrected chi connectivity index (χ2v) is 8.15. The van der Waals surface area contributed by atoms with Gasteiger partial charge in [-0.15, -0.1) is 0 Å². The average Bonchev–Trinajstić information content (AvgIpc) is 2.97. The smallest absolute Gasteiger partial charge is 0.339 e. The van der Waals surface area contributed by atoms with Gasteiger partial charge in [-0.25, -0.2) is 0 Å². The van der Waals surface area contributed by atoms with Crippen molar-refractivity contribution < 1.29 is 17.4 Å². The van der Waals surface area contributed by atoms with Crippen LogP contribution in [-0.4, -0.2) is 25.4 Å². The number of hydrogen-bond acceptors (Lipinski definition) is 5. The van der Waals surface area contributed by atoms with Crippen LogP contribution < -0.4 is 9.08 Å². The van der Waals surface area contributed by atoms with E-state index in [1.54, 1.807) is 41.4 Å². The Hall–Kier alpha value is -2.93. The molecule has 27 heavy (non-hydrogen) atoms. The first-order valence-electron chi connectivity index (χ1n) is 8.58. The number of amides is 1. The summed E-state index contributed by atoms with van der Waals surface area (Å²) in [7, 11) is -4.03. The van der Waals surface area contributed by atoms with Crippen molar-refractivity contribution in [3.63, 3.8) is 0 Å². The number of aromatic nitrogens is 1. The van der Waals surface area contributed by atoms with Gasteiger partial charge in [-0.05, 0) is 49.2 Å². The molecule has 0 saturated carbocycles. The van der Waals surface area contributed by atoms with Gasteiger partial charge in [0.25, 0.3) is 0 Å². The monoisotopic (exact) mass is 382 g/mol. The van der Waals surface area contributed by atoms with Gasteiger partial charge in [0.15, 0.2) is 5.75 Å². The molecule has 0 saturated heterocycles. The highest BCUT2D eigenvalue weighted by molar-refractivity contribution is 7.87. The Morgan fingerprint density at radius 2 is 1.96 bits per heavy atom.